The molecule has 3 nitrogen and oxygen atoms in total. The summed E-state index contributed by atoms with van der Waals surface area (Å²) in [5.41, 5.74) is 2.01. The van der Waals surface area contributed by atoms with E-state index >= 15 is 0 Å². The summed E-state index contributed by atoms with van der Waals surface area (Å²) in [6, 6.07) is 10.2. The number of hydrogen-bond acceptors (Lipinski definition) is 3. The lowest BCUT2D eigenvalue weighted by Crippen LogP contribution is -2.02. The number of alkyl halides is 1. The van der Waals surface area contributed by atoms with E-state index in [1.165, 1.54) is 9.75 Å². The maximum Gasteiger partial charge on any atom is 0.125 e. The van der Waals surface area contributed by atoms with Crippen LogP contribution in [0.3, 0.4) is 0 Å². The molecule has 0 N–H and O–H groups in total. The van der Waals surface area contributed by atoms with Gasteiger partial charge in [0.25, 0.3) is 0 Å². The summed E-state index contributed by atoms with van der Waals surface area (Å²) in [4.78, 5) is 7.23. The fourth-order valence-corrected chi connectivity index (χ4v) is 3.37. The summed E-state index contributed by atoms with van der Waals surface area (Å²) in [5, 5.41) is 0. The second kappa shape index (κ2) is 5.46. The largest absolute Gasteiger partial charge is 0.497 e. The molecule has 0 spiro atoms. The second-order valence-corrected chi connectivity index (χ2v) is 6.25. The standard InChI is InChI=1S/C15H15ClN2OS/c1-10-3-5-12(20-10)9-18-14-6-4-11(19-2)7-13(14)17-15(18)8-16/h3-7H,8-9H2,1-2H3. The Labute approximate surface area is 126 Å². The van der Waals surface area contributed by atoms with Crippen molar-refractivity contribution >= 4 is 34.0 Å². The average Bonchev–Trinajstić information content (AvgIpc) is 3.02. The van der Waals surface area contributed by atoms with Crippen LogP contribution in [0.15, 0.2) is 30.3 Å². The minimum absolute atomic E-state index is 0.404. The molecule has 0 aliphatic carbocycles. The highest BCUT2D eigenvalue weighted by atomic mass is 35.5. The van der Waals surface area contributed by atoms with Crippen molar-refractivity contribution in [1.82, 2.24) is 9.55 Å². The van der Waals surface area contributed by atoms with Crippen LogP contribution < -0.4 is 4.74 Å². The van der Waals surface area contributed by atoms with Crippen LogP contribution in [0.4, 0.5) is 0 Å². The fraction of sp³-hybridized carbons (Fsp3) is 0.267. The van der Waals surface area contributed by atoms with Crippen LogP contribution in [0, 0.1) is 6.92 Å². The van der Waals surface area contributed by atoms with Crippen molar-refractivity contribution in [3.8, 4) is 5.75 Å². The Hall–Kier alpha value is -1.52. The van der Waals surface area contributed by atoms with E-state index in [-0.39, 0.29) is 0 Å². The van der Waals surface area contributed by atoms with Crippen molar-refractivity contribution in [3.63, 3.8) is 0 Å². The Morgan fingerprint density at radius 1 is 1.30 bits per heavy atom. The maximum atomic E-state index is 6.04. The van der Waals surface area contributed by atoms with Gasteiger partial charge in [-0.3, -0.25) is 0 Å². The monoisotopic (exact) mass is 306 g/mol. The van der Waals surface area contributed by atoms with Crippen molar-refractivity contribution < 1.29 is 4.74 Å². The molecule has 0 unspecified atom stereocenters. The van der Waals surface area contributed by atoms with Crippen molar-refractivity contribution in [2.45, 2.75) is 19.3 Å². The summed E-state index contributed by atoms with van der Waals surface area (Å²) >= 11 is 7.84. The average molecular weight is 307 g/mol. The number of halogens is 1. The molecular formula is C15H15ClN2OS. The molecule has 0 bridgehead atoms. The number of methoxy groups -OCH3 is 1. The zero-order valence-electron chi connectivity index (χ0n) is 11.4. The number of benzene rings is 1. The lowest BCUT2D eigenvalue weighted by atomic mass is 10.3. The molecule has 0 fully saturated rings. The highest BCUT2D eigenvalue weighted by Gasteiger charge is 2.12. The van der Waals surface area contributed by atoms with Crippen molar-refractivity contribution in [3.05, 3.63) is 45.9 Å². The van der Waals surface area contributed by atoms with E-state index in [9.17, 15) is 0 Å². The molecule has 0 saturated carbocycles. The van der Waals surface area contributed by atoms with Crippen molar-refractivity contribution in [2.75, 3.05) is 7.11 Å². The van der Waals surface area contributed by atoms with Gasteiger partial charge in [0.05, 0.1) is 30.6 Å². The van der Waals surface area contributed by atoms with Crippen molar-refractivity contribution in [2.24, 2.45) is 0 Å². The molecule has 0 amide bonds. The zero-order valence-corrected chi connectivity index (χ0v) is 13.0. The minimum atomic E-state index is 0.404. The lowest BCUT2D eigenvalue weighted by molar-refractivity contribution is 0.415. The van der Waals surface area contributed by atoms with Gasteiger partial charge in [-0.1, -0.05) is 0 Å². The highest BCUT2D eigenvalue weighted by Crippen LogP contribution is 2.25. The number of aryl methyl sites for hydroxylation is 1. The third-order valence-electron chi connectivity index (χ3n) is 3.26. The smallest absolute Gasteiger partial charge is 0.125 e. The number of aromatic nitrogens is 2. The first-order chi connectivity index (χ1) is 9.71. The van der Waals surface area contributed by atoms with E-state index in [1.807, 2.05) is 18.2 Å². The number of fused-ring (bicyclic) bond motifs is 1. The Morgan fingerprint density at radius 2 is 2.15 bits per heavy atom. The first-order valence-corrected chi connectivity index (χ1v) is 7.71. The van der Waals surface area contributed by atoms with Crippen molar-refractivity contribution in [1.29, 1.82) is 0 Å². The summed E-state index contributed by atoms with van der Waals surface area (Å²) in [5.74, 6) is 2.11. The molecule has 0 saturated heterocycles. The van der Waals surface area contributed by atoms with E-state index in [0.29, 0.717) is 5.88 Å². The summed E-state index contributed by atoms with van der Waals surface area (Å²) < 4.78 is 7.42. The first kappa shape index (κ1) is 13.5. The van der Waals surface area contributed by atoms with Crippen LogP contribution in [-0.4, -0.2) is 16.7 Å². The maximum absolute atomic E-state index is 6.04. The van der Waals surface area contributed by atoms with E-state index in [1.54, 1.807) is 18.4 Å². The number of nitrogens with zero attached hydrogens (tertiary/aromatic N) is 2. The molecule has 104 valence electrons. The van der Waals surface area contributed by atoms with E-state index in [0.717, 1.165) is 29.2 Å². The van der Waals surface area contributed by atoms with Gasteiger partial charge in [-0.25, -0.2) is 4.98 Å². The molecule has 3 aromatic rings. The van der Waals surface area contributed by atoms with E-state index < -0.39 is 0 Å². The van der Waals surface area contributed by atoms with Gasteiger partial charge in [-0.05, 0) is 31.2 Å². The number of imidazole rings is 1. The molecular weight excluding hydrogens is 292 g/mol. The summed E-state index contributed by atoms with van der Waals surface area (Å²) in [7, 11) is 1.66. The van der Waals surface area contributed by atoms with Gasteiger partial charge < -0.3 is 9.30 Å². The molecule has 2 heterocycles. The van der Waals surface area contributed by atoms with Crippen LogP contribution in [0.1, 0.15) is 15.6 Å². The third-order valence-corrected chi connectivity index (χ3v) is 4.49. The van der Waals surface area contributed by atoms with Gasteiger partial charge in [0.2, 0.25) is 0 Å². The number of thiophene rings is 1. The van der Waals surface area contributed by atoms with Gasteiger partial charge >= 0.3 is 0 Å². The molecule has 2 aromatic heterocycles. The molecule has 5 heteroatoms. The molecule has 1 aromatic carbocycles. The molecule has 0 atom stereocenters. The van der Waals surface area contributed by atoms with Gasteiger partial charge in [0, 0.05) is 15.8 Å². The Bertz CT molecular complexity index is 747. The SMILES string of the molecule is COc1ccc2c(c1)nc(CCl)n2Cc1ccc(C)s1. The lowest BCUT2D eigenvalue weighted by Gasteiger charge is -2.06. The normalized spacial score (nSPS) is 11.2. The first-order valence-electron chi connectivity index (χ1n) is 6.35. The summed E-state index contributed by atoms with van der Waals surface area (Å²) in [6.07, 6.45) is 0. The Kier molecular flexibility index (Phi) is 3.68. The van der Waals surface area contributed by atoms with E-state index in [4.69, 9.17) is 16.3 Å². The highest BCUT2D eigenvalue weighted by molar-refractivity contribution is 7.11. The Morgan fingerprint density at radius 3 is 2.80 bits per heavy atom. The molecule has 0 aliphatic rings. The third kappa shape index (κ3) is 2.41. The van der Waals surface area contributed by atoms with Crippen LogP contribution >= 0.6 is 22.9 Å². The van der Waals surface area contributed by atoms with Crippen LogP contribution in [0.25, 0.3) is 11.0 Å². The predicted octanol–water partition coefficient (Wildman–Crippen LogP) is 4.20. The quantitative estimate of drug-likeness (QED) is 0.675. The predicted molar refractivity (Wildman–Crippen MR) is 84.0 cm³/mol. The number of hydrogen-bond donors (Lipinski definition) is 0. The van der Waals surface area contributed by atoms with Crippen LogP contribution in [-0.2, 0) is 12.4 Å². The molecule has 0 aliphatic heterocycles. The molecule has 0 radical (unpaired) electrons. The van der Waals surface area contributed by atoms with Gasteiger partial charge in [0.1, 0.15) is 11.6 Å². The van der Waals surface area contributed by atoms with Gasteiger partial charge in [-0.15, -0.1) is 22.9 Å². The second-order valence-electron chi connectivity index (χ2n) is 4.61. The van der Waals surface area contributed by atoms with Crippen LogP contribution in [0.2, 0.25) is 0 Å². The number of rotatable bonds is 4. The van der Waals surface area contributed by atoms with E-state index in [2.05, 4.69) is 28.6 Å². The number of ether oxygens (including phenoxy) is 1. The zero-order chi connectivity index (χ0) is 14.1. The van der Waals surface area contributed by atoms with Crippen LogP contribution in [0.5, 0.6) is 5.75 Å². The topological polar surface area (TPSA) is 27.1 Å². The molecule has 3 rings (SSSR count). The summed E-state index contributed by atoms with van der Waals surface area (Å²) in [6.45, 7) is 2.93. The fourth-order valence-electron chi connectivity index (χ4n) is 2.29. The van der Waals surface area contributed by atoms with Gasteiger partial charge in [-0.2, -0.15) is 0 Å². The Balaban J connectivity index is 2.08. The molecule has 20 heavy (non-hydrogen) atoms. The van der Waals surface area contributed by atoms with Gasteiger partial charge in [0.15, 0.2) is 0 Å². The minimum Gasteiger partial charge on any atom is -0.497 e.